The molecule has 1 aromatic carbocycles. The lowest BCUT2D eigenvalue weighted by Gasteiger charge is -2.20. The van der Waals surface area contributed by atoms with Crippen molar-refractivity contribution in [1.29, 1.82) is 0 Å². The number of halogens is 5. The zero-order valence-electron chi connectivity index (χ0n) is 11.0. The Labute approximate surface area is 129 Å². The summed E-state index contributed by atoms with van der Waals surface area (Å²) in [6.07, 6.45) is -4.12. The molecule has 1 rings (SSSR count). The molecular formula is C12H14Cl2F3N3O. The third kappa shape index (κ3) is 4.67. The number of benzene rings is 1. The largest absolute Gasteiger partial charge is 0.419 e. The lowest BCUT2D eigenvalue weighted by Crippen LogP contribution is -2.27. The molecule has 0 aromatic heterocycles. The van der Waals surface area contributed by atoms with E-state index in [1.165, 1.54) is 19.2 Å². The molecular weight excluding hydrogens is 330 g/mol. The Bertz CT molecular complexity index is 547. The van der Waals surface area contributed by atoms with Gasteiger partial charge in [0.25, 0.3) is 0 Å². The number of nitrogens with two attached hydrogens (primary N) is 2. The fourth-order valence-electron chi connectivity index (χ4n) is 1.64. The first kappa shape index (κ1) is 17.9. The normalized spacial score (nSPS) is 14.2. The van der Waals surface area contributed by atoms with Gasteiger partial charge in [-0.25, -0.2) is 5.84 Å². The fourth-order valence-corrected chi connectivity index (χ4v) is 2.33. The molecule has 0 bridgehead atoms. The highest BCUT2D eigenvalue weighted by Crippen LogP contribution is 2.43. The molecule has 0 radical (unpaired) electrons. The van der Waals surface area contributed by atoms with E-state index in [-0.39, 0.29) is 17.8 Å². The number of nitrogens with zero attached hydrogens (tertiary/aromatic N) is 1. The Kier molecular flexibility index (Phi) is 5.75. The topological polar surface area (TPSA) is 75.5 Å². The average molecular weight is 344 g/mol. The monoisotopic (exact) mass is 343 g/mol. The van der Waals surface area contributed by atoms with E-state index in [9.17, 15) is 18.3 Å². The number of aliphatic hydroxyl groups excluding tert-OH is 1. The second-order valence-electron chi connectivity index (χ2n) is 4.42. The predicted octanol–water partition coefficient (Wildman–Crippen LogP) is 3.26. The summed E-state index contributed by atoms with van der Waals surface area (Å²) >= 11 is 11.3. The smallest absolute Gasteiger partial charge is 0.401 e. The van der Waals surface area contributed by atoms with E-state index in [2.05, 4.69) is 0 Å². The van der Waals surface area contributed by atoms with E-state index in [1.807, 2.05) is 0 Å². The first-order chi connectivity index (χ1) is 9.54. The van der Waals surface area contributed by atoms with E-state index in [0.717, 1.165) is 11.1 Å². The number of hydrazine groups is 1. The van der Waals surface area contributed by atoms with Crippen LogP contribution in [0, 0.1) is 0 Å². The van der Waals surface area contributed by atoms with Crippen LogP contribution < -0.4 is 16.6 Å². The number of hydrogen-bond donors (Lipinski definition) is 3. The van der Waals surface area contributed by atoms with Crippen LogP contribution in [0.1, 0.15) is 18.9 Å². The van der Waals surface area contributed by atoms with E-state index >= 15 is 0 Å². The van der Waals surface area contributed by atoms with Gasteiger partial charge in [-0.2, -0.15) is 13.2 Å². The molecule has 0 aliphatic heterocycles. The Hall–Kier alpha value is -1.15. The summed E-state index contributed by atoms with van der Waals surface area (Å²) in [5.74, 6) is 5.64. The lowest BCUT2D eigenvalue weighted by atomic mass is 10.1. The maximum absolute atomic E-state index is 12.9. The predicted molar refractivity (Wildman–Crippen MR) is 76.7 cm³/mol. The molecule has 1 unspecified atom stereocenters. The van der Waals surface area contributed by atoms with Crippen LogP contribution in [0.4, 0.5) is 18.9 Å². The van der Waals surface area contributed by atoms with Crippen molar-refractivity contribution in [3.63, 3.8) is 0 Å². The van der Waals surface area contributed by atoms with Crippen molar-refractivity contribution in [2.24, 2.45) is 11.6 Å². The third-order valence-corrected chi connectivity index (χ3v) is 3.17. The highest BCUT2D eigenvalue weighted by Gasteiger charge is 2.37. The van der Waals surface area contributed by atoms with Gasteiger partial charge in [-0.3, -0.25) is 5.01 Å². The fraction of sp³-hybridized carbons (Fsp3) is 0.333. The number of aliphatic hydroxyl groups is 1. The van der Waals surface area contributed by atoms with Crippen LogP contribution in [0.5, 0.6) is 0 Å². The first-order valence-electron chi connectivity index (χ1n) is 5.77. The van der Waals surface area contributed by atoms with E-state index < -0.39 is 27.9 Å². The molecule has 0 saturated heterocycles. The summed E-state index contributed by atoms with van der Waals surface area (Å²) in [6.45, 7) is 1.51. The molecule has 1 aromatic rings. The first-order valence-corrected chi connectivity index (χ1v) is 6.53. The minimum Gasteiger partial charge on any atom is -0.401 e. The van der Waals surface area contributed by atoms with Crippen LogP contribution in [-0.4, -0.2) is 11.2 Å². The summed E-state index contributed by atoms with van der Waals surface area (Å²) in [5, 5.41) is 8.88. The molecule has 0 aliphatic rings. The van der Waals surface area contributed by atoms with Crippen LogP contribution in [0.2, 0.25) is 10.0 Å². The van der Waals surface area contributed by atoms with Gasteiger partial charge < -0.3 is 10.8 Å². The Balaban J connectivity index is 3.21. The number of rotatable bonds is 4. The van der Waals surface area contributed by atoms with Crippen LogP contribution in [0.25, 0.3) is 0 Å². The van der Waals surface area contributed by atoms with Gasteiger partial charge >= 0.3 is 6.18 Å². The lowest BCUT2D eigenvalue weighted by molar-refractivity contribution is -0.137. The molecule has 118 valence electrons. The molecule has 0 saturated carbocycles. The van der Waals surface area contributed by atoms with Crippen molar-refractivity contribution in [2.45, 2.75) is 25.6 Å². The summed E-state index contributed by atoms with van der Waals surface area (Å²) < 4.78 is 38.7. The molecule has 0 spiro atoms. The van der Waals surface area contributed by atoms with E-state index in [4.69, 9.17) is 34.8 Å². The van der Waals surface area contributed by atoms with Gasteiger partial charge in [0.1, 0.15) is 0 Å². The van der Waals surface area contributed by atoms with Crippen molar-refractivity contribution in [2.75, 3.05) is 5.01 Å². The molecule has 0 heterocycles. The molecule has 0 aliphatic carbocycles. The summed E-state index contributed by atoms with van der Waals surface area (Å²) in [5.41, 5.74) is 4.52. The quantitative estimate of drug-likeness (QED) is 0.579. The van der Waals surface area contributed by atoms with Gasteiger partial charge in [0.2, 0.25) is 0 Å². The highest BCUT2D eigenvalue weighted by molar-refractivity contribution is 6.38. The standard InChI is InChI=1S/C12H14Cl2F3N3O/c1-6(21)4-7(18)5-20(19)9-3-2-8(13)10(11(9)14)12(15,16)17/h2-3,5-6,21H,4,18-19H2,1H3/b7-5-. The van der Waals surface area contributed by atoms with Crippen LogP contribution in [-0.2, 0) is 6.18 Å². The van der Waals surface area contributed by atoms with Gasteiger partial charge in [0, 0.05) is 18.3 Å². The van der Waals surface area contributed by atoms with Crippen molar-refractivity contribution < 1.29 is 18.3 Å². The van der Waals surface area contributed by atoms with Crippen LogP contribution >= 0.6 is 23.2 Å². The number of alkyl halides is 3. The molecule has 21 heavy (non-hydrogen) atoms. The minimum atomic E-state index is -4.71. The van der Waals surface area contributed by atoms with Crippen LogP contribution in [0.3, 0.4) is 0 Å². The minimum absolute atomic E-state index is 0.109. The zero-order chi connectivity index (χ0) is 16.4. The van der Waals surface area contributed by atoms with Gasteiger partial charge in [-0.15, -0.1) is 0 Å². The molecule has 0 amide bonds. The molecule has 9 heteroatoms. The zero-order valence-corrected chi connectivity index (χ0v) is 12.5. The Morgan fingerprint density at radius 1 is 1.43 bits per heavy atom. The number of hydrogen-bond acceptors (Lipinski definition) is 4. The molecule has 1 atom stereocenters. The van der Waals surface area contributed by atoms with Crippen molar-refractivity contribution in [3.05, 3.63) is 39.6 Å². The highest BCUT2D eigenvalue weighted by atomic mass is 35.5. The second kappa shape index (κ2) is 6.74. The Morgan fingerprint density at radius 3 is 2.48 bits per heavy atom. The van der Waals surface area contributed by atoms with Crippen LogP contribution in [0.15, 0.2) is 24.0 Å². The van der Waals surface area contributed by atoms with Crippen molar-refractivity contribution in [3.8, 4) is 0 Å². The molecule has 5 N–H and O–H groups in total. The Morgan fingerprint density at radius 2 is 2.00 bits per heavy atom. The summed E-state index contributed by atoms with van der Waals surface area (Å²) in [6, 6.07) is 2.29. The van der Waals surface area contributed by atoms with Crippen molar-refractivity contribution in [1.82, 2.24) is 0 Å². The van der Waals surface area contributed by atoms with Crippen molar-refractivity contribution >= 4 is 28.9 Å². The summed E-state index contributed by atoms with van der Waals surface area (Å²) in [4.78, 5) is 0. The van der Waals surface area contributed by atoms with E-state index in [1.54, 1.807) is 0 Å². The van der Waals surface area contributed by atoms with Gasteiger partial charge in [0.15, 0.2) is 0 Å². The average Bonchev–Trinajstić information content (AvgIpc) is 2.24. The molecule has 0 fully saturated rings. The van der Waals surface area contributed by atoms with Gasteiger partial charge in [0.05, 0.1) is 27.4 Å². The SMILES string of the molecule is CC(O)C/C(N)=C/N(N)c1ccc(Cl)c(C(F)(F)F)c1Cl. The second-order valence-corrected chi connectivity index (χ2v) is 5.20. The third-order valence-electron chi connectivity index (χ3n) is 2.47. The van der Waals surface area contributed by atoms with Gasteiger partial charge in [-0.1, -0.05) is 23.2 Å². The number of anilines is 1. The van der Waals surface area contributed by atoms with E-state index in [0.29, 0.717) is 0 Å². The maximum Gasteiger partial charge on any atom is 0.419 e. The molecule has 4 nitrogen and oxygen atoms in total. The summed E-state index contributed by atoms with van der Waals surface area (Å²) in [7, 11) is 0. The van der Waals surface area contributed by atoms with Gasteiger partial charge in [-0.05, 0) is 19.1 Å². The maximum atomic E-state index is 12.9.